The SMILES string of the molecule is C[C@H]1C[C@H]2O[C@]3(CC[C@H]4[C@@H]5CC=C6C[C@@H](O)CC[C@]6(C)[C@H]5CC45CC53C)[C@H](C)[C@@H]2N(C)C1. The molecule has 2 unspecified atom stereocenters. The third kappa shape index (κ3) is 2.22. The number of fused-ring (bicyclic) bond motifs is 6. The van der Waals surface area contributed by atoms with Gasteiger partial charge in [0.1, 0.15) is 0 Å². The smallest absolute Gasteiger partial charge is 0.0787 e. The number of ether oxygens (including phenoxy) is 1. The van der Waals surface area contributed by atoms with Gasteiger partial charge in [0.2, 0.25) is 0 Å². The lowest BCUT2D eigenvalue weighted by molar-refractivity contribution is -0.147. The van der Waals surface area contributed by atoms with E-state index >= 15 is 0 Å². The van der Waals surface area contributed by atoms with E-state index in [-0.39, 0.29) is 11.7 Å². The van der Waals surface area contributed by atoms with Crippen molar-refractivity contribution in [3.63, 3.8) is 0 Å². The van der Waals surface area contributed by atoms with E-state index in [9.17, 15) is 5.11 Å². The Bertz CT molecular complexity index is 869. The zero-order chi connectivity index (χ0) is 22.3. The van der Waals surface area contributed by atoms with Crippen molar-refractivity contribution in [3.05, 3.63) is 11.6 Å². The first-order valence-electron chi connectivity index (χ1n) is 13.9. The summed E-state index contributed by atoms with van der Waals surface area (Å²) >= 11 is 0. The molecule has 12 atom stereocenters. The van der Waals surface area contributed by atoms with E-state index in [0.717, 1.165) is 36.5 Å². The van der Waals surface area contributed by atoms with Gasteiger partial charge in [0, 0.05) is 23.9 Å². The summed E-state index contributed by atoms with van der Waals surface area (Å²) in [6.45, 7) is 11.4. The van der Waals surface area contributed by atoms with Crippen LogP contribution in [0.3, 0.4) is 0 Å². The molecule has 7 rings (SSSR count). The maximum Gasteiger partial charge on any atom is 0.0787 e. The summed E-state index contributed by atoms with van der Waals surface area (Å²) in [5.41, 5.74) is 2.94. The molecule has 4 saturated carbocycles. The molecular formula is C29H45NO2. The molecule has 2 heterocycles. The first-order valence-corrected chi connectivity index (χ1v) is 13.9. The van der Waals surface area contributed by atoms with E-state index in [0.29, 0.717) is 34.3 Å². The van der Waals surface area contributed by atoms with Crippen molar-refractivity contribution >= 4 is 0 Å². The van der Waals surface area contributed by atoms with Crippen LogP contribution in [-0.4, -0.2) is 47.4 Å². The van der Waals surface area contributed by atoms with Crippen molar-refractivity contribution in [1.82, 2.24) is 4.90 Å². The van der Waals surface area contributed by atoms with E-state index in [1.807, 2.05) is 0 Å². The molecule has 0 bridgehead atoms. The highest BCUT2D eigenvalue weighted by molar-refractivity contribution is 5.36. The third-order valence-electron chi connectivity index (χ3n) is 13.1. The van der Waals surface area contributed by atoms with Crippen LogP contribution >= 0.6 is 0 Å². The highest BCUT2D eigenvalue weighted by Gasteiger charge is 2.84. The molecular weight excluding hydrogens is 394 g/mol. The van der Waals surface area contributed by atoms with E-state index in [1.54, 1.807) is 5.57 Å². The molecule has 0 radical (unpaired) electrons. The number of aliphatic hydroxyl groups excluding tert-OH is 1. The quantitative estimate of drug-likeness (QED) is 0.511. The first kappa shape index (κ1) is 20.9. The van der Waals surface area contributed by atoms with Crippen molar-refractivity contribution < 1.29 is 9.84 Å². The van der Waals surface area contributed by atoms with Crippen LogP contribution in [0.15, 0.2) is 11.6 Å². The summed E-state index contributed by atoms with van der Waals surface area (Å²) in [6, 6.07) is 0.617. The van der Waals surface area contributed by atoms with Crippen LogP contribution in [0.5, 0.6) is 0 Å². The van der Waals surface area contributed by atoms with Gasteiger partial charge in [-0.15, -0.1) is 0 Å². The summed E-state index contributed by atoms with van der Waals surface area (Å²) in [5, 5.41) is 10.4. The van der Waals surface area contributed by atoms with Crippen LogP contribution in [0.1, 0.15) is 85.5 Å². The minimum atomic E-state index is -0.0994. The fraction of sp³-hybridized carbons (Fsp3) is 0.931. The lowest BCUT2D eigenvalue weighted by Crippen LogP contribution is -2.53. The van der Waals surface area contributed by atoms with Gasteiger partial charge in [-0.3, -0.25) is 0 Å². The van der Waals surface area contributed by atoms with Gasteiger partial charge in [-0.05, 0) is 99.3 Å². The Hall–Kier alpha value is -0.380. The van der Waals surface area contributed by atoms with Gasteiger partial charge >= 0.3 is 0 Å². The van der Waals surface area contributed by atoms with Crippen LogP contribution in [0, 0.1) is 45.8 Å². The maximum atomic E-state index is 10.4. The van der Waals surface area contributed by atoms with Gasteiger partial charge in [-0.25, -0.2) is 0 Å². The minimum Gasteiger partial charge on any atom is -0.393 e. The predicted molar refractivity (Wildman–Crippen MR) is 127 cm³/mol. The van der Waals surface area contributed by atoms with Crippen molar-refractivity contribution in [2.24, 2.45) is 45.8 Å². The maximum absolute atomic E-state index is 10.4. The van der Waals surface area contributed by atoms with Crippen molar-refractivity contribution in [3.8, 4) is 0 Å². The molecule has 0 aromatic rings. The van der Waals surface area contributed by atoms with Gasteiger partial charge in [0.15, 0.2) is 0 Å². The number of hydrogen-bond acceptors (Lipinski definition) is 3. The first-order chi connectivity index (χ1) is 15.2. The molecule has 32 heavy (non-hydrogen) atoms. The van der Waals surface area contributed by atoms with E-state index < -0.39 is 0 Å². The van der Waals surface area contributed by atoms with Crippen LogP contribution in [-0.2, 0) is 4.74 Å². The number of hydrogen-bond donors (Lipinski definition) is 1. The lowest BCUT2D eigenvalue weighted by Gasteiger charge is -2.50. The Kier molecular flexibility index (Phi) is 4.08. The molecule has 2 saturated heterocycles. The largest absolute Gasteiger partial charge is 0.393 e. The molecule has 3 heteroatoms. The van der Waals surface area contributed by atoms with Crippen molar-refractivity contribution in [1.29, 1.82) is 0 Å². The van der Waals surface area contributed by atoms with E-state index in [4.69, 9.17) is 4.74 Å². The fourth-order valence-electron chi connectivity index (χ4n) is 11.7. The number of aliphatic hydroxyl groups is 1. The highest BCUT2D eigenvalue weighted by Crippen LogP contribution is 2.87. The van der Waals surface area contributed by atoms with Crippen LogP contribution in [0.25, 0.3) is 0 Å². The molecule has 2 aliphatic heterocycles. The summed E-state index contributed by atoms with van der Waals surface area (Å²) in [7, 11) is 2.36. The monoisotopic (exact) mass is 439 g/mol. The van der Waals surface area contributed by atoms with Gasteiger partial charge in [0.25, 0.3) is 0 Å². The Morgan fingerprint density at radius 1 is 1.12 bits per heavy atom. The summed E-state index contributed by atoms with van der Waals surface area (Å²) < 4.78 is 7.32. The Balaban J connectivity index is 1.23. The number of piperidine rings is 1. The van der Waals surface area contributed by atoms with Gasteiger partial charge in [0.05, 0.1) is 17.8 Å². The number of likely N-dealkylation sites (tertiary alicyclic amines) is 1. The Morgan fingerprint density at radius 2 is 1.94 bits per heavy atom. The Labute approximate surface area is 195 Å². The number of allylic oxidation sites excluding steroid dienone is 1. The zero-order valence-corrected chi connectivity index (χ0v) is 21.1. The van der Waals surface area contributed by atoms with Crippen LogP contribution in [0.2, 0.25) is 0 Å². The molecule has 3 nitrogen and oxygen atoms in total. The highest BCUT2D eigenvalue weighted by atomic mass is 16.5. The molecule has 0 aromatic carbocycles. The van der Waals surface area contributed by atoms with Crippen molar-refractivity contribution in [2.45, 2.75) is 109 Å². The second-order valence-corrected chi connectivity index (χ2v) is 14.2. The second kappa shape index (κ2) is 6.24. The van der Waals surface area contributed by atoms with E-state index in [1.165, 1.54) is 51.5 Å². The van der Waals surface area contributed by atoms with Gasteiger partial charge in [-0.2, -0.15) is 0 Å². The number of likely N-dealkylation sites (N-methyl/N-ethyl adjacent to an activating group) is 1. The average molecular weight is 440 g/mol. The minimum absolute atomic E-state index is 0.0994. The molecule has 2 spiro atoms. The molecule has 0 amide bonds. The molecule has 5 aliphatic carbocycles. The van der Waals surface area contributed by atoms with Gasteiger partial charge < -0.3 is 14.7 Å². The molecule has 7 aliphatic rings. The molecule has 1 N–H and O–H groups in total. The predicted octanol–water partition coefficient (Wildman–Crippen LogP) is 5.42. The number of rotatable bonds is 0. The topological polar surface area (TPSA) is 32.7 Å². The molecule has 0 aromatic heterocycles. The fourth-order valence-corrected chi connectivity index (χ4v) is 11.7. The number of nitrogens with zero attached hydrogens (tertiary/aromatic N) is 1. The normalized spacial score (nSPS) is 63.1. The van der Waals surface area contributed by atoms with E-state index in [2.05, 4.69) is 45.7 Å². The Morgan fingerprint density at radius 3 is 2.75 bits per heavy atom. The zero-order valence-electron chi connectivity index (χ0n) is 21.1. The molecule has 6 fully saturated rings. The van der Waals surface area contributed by atoms with Crippen LogP contribution < -0.4 is 0 Å². The van der Waals surface area contributed by atoms with Crippen molar-refractivity contribution in [2.75, 3.05) is 13.6 Å². The van der Waals surface area contributed by atoms with Gasteiger partial charge in [-0.1, -0.05) is 39.3 Å². The summed E-state index contributed by atoms with van der Waals surface area (Å²) in [6.07, 6.45) is 14.1. The molecule has 178 valence electrons. The summed E-state index contributed by atoms with van der Waals surface area (Å²) in [5.74, 6) is 4.01. The average Bonchev–Trinajstić information content (AvgIpc) is 3.06. The lowest BCUT2D eigenvalue weighted by atomic mass is 9.56. The second-order valence-electron chi connectivity index (χ2n) is 14.2. The standard InChI is InChI=1S/C29H45NO2/c1-17-12-24-25(30(5)15-17)18(2)29(32-24)11-9-22-21-7-6-19-13-20(31)8-10-26(19,3)23(21)14-28(22)16-27(28,29)4/h6,17-18,20-25,31H,7-16H2,1-5H3/t17-,18+,20-,21-,22-,23-,24+,25-,26-,27?,28?,29+/m0/s1. The summed E-state index contributed by atoms with van der Waals surface area (Å²) in [4.78, 5) is 2.65. The third-order valence-corrected chi connectivity index (χ3v) is 13.1. The van der Waals surface area contributed by atoms with Crippen LogP contribution in [0.4, 0.5) is 0 Å².